The van der Waals surface area contributed by atoms with Crippen LogP contribution in [0.3, 0.4) is 0 Å². The fourth-order valence-electron chi connectivity index (χ4n) is 3.00. The van der Waals surface area contributed by atoms with E-state index in [0.717, 1.165) is 45.1 Å². The molecule has 6 heteroatoms. The highest BCUT2D eigenvalue weighted by Gasteiger charge is 2.28. The van der Waals surface area contributed by atoms with E-state index in [1.807, 2.05) is 10.9 Å². The number of nitrogen functional groups attached to an aromatic ring is 1. The minimum Gasteiger partial charge on any atom is -0.396 e. The number of hydrogen-bond donors (Lipinski definition) is 1. The van der Waals surface area contributed by atoms with Gasteiger partial charge in [0.2, 0.25) is 0 Å². The first-order chi connectivity index (χ1) is 9.31. The molecule has 1 unspecified atom stereocenters. The van der Waals surface area contributed by atoms with E-state index in [9.17, 15) is 0 Å². The third-order valence-corrected chi connectivity index (χ3v) is 4.11. The molecule has 2 N–H and O–H groups in total. The number of ether oxygens (including phenoxy) is 1. The van der Waals surface area contributed by atoms with E-state index < -0.39 is 0 Å². The van der Waals surface area contributed by atoms with Gasteiger partial charge in [-0.15, -0.1) is 0 Å². The molecule has 3 rings (SSSR count). The Labute approximate surface area is 114 Å². The second-order valence-corrected chi connectivity index (χ2v) is 5.43. The molecule has 19 heavy (non-hydrogen) atoms. The molecule has 2 fully saturated rings. The van der Waals surface area contributed by atoms with Crippen molar-refractivity contribution in [2.75, 3.05) is 51.7 Å². The average molecular weight is 265 g/mol. The van der Waals surface area contributed by atoms with Gasteiger partial charge >= 0.3 is 0 Å². The summed E-state index contributed by atoms with van der Waals surface area (Å²) in [6.07, 6.45) is 4.89. The molecule has 2 saturated heterocycles. The number of aromatic nitrogens is 2. The summed E-state index contributed by atoms with van der Waals surface area (Å²) in [4.78, 5) is 5.10. The summed E-state index contributed by atoms with van der Waals surface area (Å²) in [5.41, 5.74) is 6.41. The molecule has 6 nitrogen and oxygen atoms in total. The molecule has 1 aromatic rings. The summed E-state index contributed by atoms with van der Waals surface area (Å²) in [6.45, 7) is 8.32. The molecule has 1 aromatic heterocycles. The summed E-state index contributed by atoms with van der Waals surface area (Å²) < 4.78 is 7.34. The minimum absolute atomic E-state index is 0.714. The van der Waals surface area contributed by atoms with E-state index in [1.165, 1.54) is 19.5 Å². The minimum atomic E-state index is 0.714. The molecule has 2 aliphatic heterocycles. The van der Waals surface area contributed by atoms with Gasteiger partial charge < -0.3 is 10.5 Å². The van der Waals surface area contributed by atoms with Crippen LogP contribution in [0.2, 0.25) is 0 Å². The quantitative estimate of drug-likeness (QED) is 0.822. The highest BCUT2D eigenvalue weighted by molar-refractivity contribution is 5.30. The van der Waals surface area contributed by atoms with Gasteiger partial charge in [0.15, 0.2) is 0 Å². The molecule has 2 aliphatic rings. The third kappa shape index (κ3) is 3.26. The van der Waals surface area contributed by atoms with Gasteiger partial charge in [-0.05, 0) is 13.0 Å². The number of rotatable bonds is 4. The third-order valence-electron chi connectivity index (χ3n) is 4.11. The largest absolute Gasteiger partial charge is 0.396 e. The van der Waals surface area contributed by atoms with Crippen molar-refractivity contribution in [3.05, 3.63) is 12.4 Å². The van der Waals surface area contributed by atoms with Crippen molar-refractivity contribution >= 4 is 5.69 Å². The van der Waals surface area contributed by atoms with Crippen LogP contribution in [0.5, 0.6) is 0 Å². The van der Waals surface area contributed by atoms with Crippen molar-refractivity contribution in [2.24, 2.45) is 0 Å². The lowest BCUT2D eigenvalue weighted by Crippen LogP contribution is -2.44. The summed E-state index contributed by atoms with van der Waals surface area (Å²) in [5, 5.41) is 4.22. The van der Waals surface area contributed by atoms with Gasteiger partial charge in [-0.25, -0.2) is 0 Å². The molecule has 0 aliphatic carbocycles. The van der Waals surface area contributed by atoms with Crippen LogP contribution in [0.1, 0.15) is 6.42 Å². The zero-order valence-electron chi connectivity index (χ0n) is 11.4. The Morgan fingerprint density at radius 3 is 2.84 bits per heavy atom. The first kappa shape index (κ1) is 12.9. The van der Waals surface area contributed by atoms with Crippen molar-refractivity contribution in [1.82, 2.24) is 19.6 Å². The molecular formula is C13H23N5O. The molecule has 0 spiro atoms. The summed E-state index contributed by atoms with van der Waals surface area (Å²) in [5.74, 6) is 0. The number of hydrogen-bond acceptors (Lipinski definition) is 5. The number of anilines is 1. The summed E-state index contributed by atoms with van der Waals surface area (Å²) in [7, 11) is 0. The average Bonchev–Trinajstić information content (AvgIpc) is 3.06. The molecule has 0 saturated carbocycles. The van der Waals surface area contributed by atoms with Crippen molar-refractivity contribution in [1.29, 1.82) is 0 Å². The lowest BCUT2D eigenvalue weighted by Gasteiger charge is -2.32. The van der Waals surface area contributed by atoms with E-state index in [1.54, 1.807) is 6.20 Å². The van der Waals surface area contributed by atoms with Crippen molar-refractivity contribution in [2.45, 2.75) is 19.0 Å². The van der Waals surface area contributed by atoms with E-state index in [2.05, 4.69) is 14.9 Å². The summed E-state index contributed by atoms with van der Waals surface area (Å²) in [6, 6.07) is 0.714. The van der Waals surface area contributed by atoms with Gasteiger partial charge in [0.05, 0.1) is 31.6 Å². The number of likely N-dealkylation sites (tertiary alicyclic amines) is 1. The molecule has 1 atom stereocenters. The van der Waals surface area contributed by atoms with Crippen LogP contribution in [0.4, 0.5) is 5.69 Å². The lowest BCUT2D eigenvalue weighted by atomic mass is 10.2. The van der Waals surface area contributed by atoms with Gasteiger partial charge in [-0.2, -0.15) is 5.10 Å². The Balaban J connectivity index is 1.43. The van der Waals surface area contributed by atoms with E-state index in [-0.39, 0.29) is 0 Å². The topological polar surface area (TPSA) is 59.5 Å². The maximum atomic E-state index is 5.67. The van der Waals surface area contributed by atoms with Crippen LogP contribution < -0.4 is 5.73 Å². The monoisotopic (exact) mass is 265 g/mol. The van der Waals surface area contributed by atoms with Crippen LogP contribution in [0, 0.1) is 0 Å². The van der Waals surface area contributed by atoms with E-state index in [4.69, 9.17) is 10.5 Å². The van der Waals surface area contributed by atoms with Crippen molar-refractivity contribution in [3.63, 3.8) is 0 Å². The number of morpholine rings is 1. The van der Waals surface area contributed by atoms with Crippen LogP contribution in [-0.4, -0.2) is 71.6 Å². The van der Waals surface area contributed by atoms with E-state index >= 15 is 0 Å². The smallest absolute Gasteiger partial charge is 0.0719 e. The summed E-state index contributed by atoms with van der Waals surface area (Å²) >= 11 is 0. The Kier molecular flexibility index (Phi) is 4.00. The van der Waals surface area contributed by atoms with E-state index in [0.29, 0.717) is 6.04 Å². The highest BCUT2D eigenvalue weighted by Crippen LogP contribution is 2.16. The normalized spacial score (nSPS) is 26.0. The van der Waals surface area contributed by atoms with Crippen LogP contribution in [0.25, 0.3) is 0 Å². The second-order valence-electron chi connectivity index (χ2n) is 5.43. The predicted octanol–water partition coefficient (Wildman–Crippen LogP) is -0.128. The Morgan fingerprint density at radius 1 is 1.26 bits per heavy atom. The van der Waals surface area contributed by atoms with Gasteiger partial charge in [0, 0.05) is 38.4 Å². The van der Waals surface area contributed by atoms with Crippen LogP contribution >= 0.6 is 0 Å². The molecule has 3 heterocycles. The van der Waals surface area contributed by atoms with Crippen molar-refractivity contribution < 1.29 is 4.74 Å². The highest BCUT2D eigenvalue weighted by atomic mass is 16.5. The maximum Gasteiger partial charge on any atom is 0.0719 e. The fourth-order valence-corrected chi connectivity index (χ4v) is 3.00. The zero-order chi connectivity index (χ0) is 13.1. The number of nitrogens with zero attached hydrogens (tertiary/aromatic N) is 4. The van der Waals surface area contributed by atoms with Crippen LogP contribution in [-0.2, 0) is 11.3 Å². The molecule has 0 amide bonds. The Bertz CT molecular complexity index is 401. The lowest BCUT2D eigenvalue weighted by molar-refractivity contribution is 0.0184. The first-order valence-corrected chi connectivity index (χ1v) is 7.13. The van der Waals surface area contributed by atoms with Gasteiger partial charge in [-0.1, -0.05) is 0 Å². The van der Waals surface area contributed by atoms with Gasteiger partial charge in [0.25, 0.3) is 0 Å². The molecule has 0 radical (unpaired) electrons. The number of nitrogens with two attached hydrogens (primary N) is 1. The zero-order valence-corrected chi connectivity index (χ0v) is 11.4. The SMILES string of the molecule is Nc1cnn(CCN2CCC(N3CCOCC3)C2)c1. The molecule has 0 bridgehead atoms. The molecule has 106 valence electrons. The van der Waals surface area contributed by atoms with Gasteiger partial charge in [-0.3, -0.25) is 14.5 Å². The van der Waals surface area contributed by atoms with Crippen LogP contribution in [0.15, 0.2) is 12.4 Å². The van der Waals surface area contributed by atoms with Gasteiger partial charge in [0.1, 0.15) is 0 Å². The Morgan fingerprint density at radius 2 is 2.11 bits per heavy atom. The Hall–Kier alpha value is -1.11. The molecular weight excluding hydrogens is 242 g/mol. The standard InChI is InChI=1S/C13H23N5O/c14-12-9-15-18(10-12)4-3-16-2-1-13(11-16)17-5-7-19-8-6-17/h9-10,13H,1-8,11,14H2. The predicted molar refractivity (Wildman–Crippen MR) is 73.9 cm³/mol. The van der Waals surface area contributed by atoms with Crippen molar-refractivity contribution in [3.8, 4) is 0 Å². The second kappa shape index (κ2) is 5.90. The maximum absolute atomic E-state index is 5.67. The first-order valence-electron chi connectivity index (χ1n) is 7.13. The molecule has 0 aromatic carbocycles. The fraction of sp³-hybridized carbons (Fsp3) is 0.769.